The maximum absolute atomic E-state index is 10.0. The van der Waals surface area contributed by atoms with E-state index in [1.165, 1.54) is 0 Å². The molecule has 1 aliphatic heterocycles. The number of hydrogen-bond donors (Lipinski definition) is 2. The normalized spacial score (nSPS) is 21.8. The molecule has 0 saturated carbocycles. The van der Waals surface area contributed by atoms with Crippen LogP contribution in [0.5, 0.6) is 0 Å². The van der Waals surface area contributed by atoms with E-state index in [0.717, 1.165) is 37.2 Å². The SMILES string of the molecule is CC[C@@H](O)c1ccccc1N1CCC(CO)C1. The summed E-state index contributed by atoms with van der Waals surface area (Å²) in [4.78, 5) is 2.27. The second kappa shape index (κ2) is 5.52. The number of para-hydroxylation sites is 1. The van der Waals surface area contributed by atoms with E-state index in [4.69, 9.17) is 0 Å². The largest absolute Gasteiger partial charge is 0.396 e. The molecule has 0 bridgehead atoms. The molecule has 3 nitrogen and oxygen atoms in total. The molecule has 3 heteroatoms. The summed E-state index contributed by atoms with van der Waals surface area (Å²) >= 11 is 0. The molecule has 0 amide bonds. The van der Waals surface area contributed by atoms with Crippen LogP contribution in [-0.2, 0) is 0 Å². The average molecular weight is 235 g/mol. The number of benzene rings is 1. The zero-order valence-corrected chi connectivity index (χ0v) is 10.3. The van der Waals surface area contributed by atoms with Crippen LogP contribution < -0.4 is 4.90 Å². The monoisotopic (exact) mass is 235 g/mol. The first-order valence-electron chi connectivity index (χ1n) is 6.39. The van der Waals surface area contributed by atoms with Gasteiger partial charge in [0.1, 0.15) is 0 Å². The number of nitrogens with zero attached hydrogens (tertiary/aromatic N) is 1. The van der Waals surface area contributed by atoms with Crippen LogP contribution >= 0.6 is 0 Å². The molecule has 1 saturated heterocycles. The lowest BCUT2D eigenvalue weighted by Crippen LogP contribution is -2.22. The lowest BCUT2D eigenvalue weighted by atomic mass is 10.0. The molecule has 17 heavy (non-hydrogen) atoms. The fourth-order valence-corrected chi connectivity index (χ4v) is 2.48. The molecule has 2 N–H and O–H groups in total. The van der Waals surface area contributed by atoms with Gasteiger partial charge in [-0.3, -0.25) is 0 Å². The molecule has 1 aromatic rings. The topological polar surface area (TPSA) is 43.7 Å². The van der Waals surface area contributed by atoms with Crippen molar-refractivity contribution in [2.45, 2.75) is 25.9 Å². The summed E-state index contributed by atoms with van der Waals surface area (Å²) in [5, 5.41) is 19.2. The van der Waals surface area contributed by atoms with Gasteiger partial charge in [-0.05, 0) is 18.9 Å². The molecule has 0 radical (unpaired) electrons. The summed E-state index contributed by atoms with van der Waals surface area (Å²) in [7, 11) is 0. The molecule has 0 aromatic heterocycles. The van der Waals surface area contributed by atoms with E-state index >= 15 is 0 Å². The first kappa shape index (κ1) is 12.4. The Morgan fingerprint density at radius 2 is 2.18 bits per heavy atom. The predicted molar refractivity (Wildman–Crippen MR) is 69.1 cm³/mol. The van der Waals surface area contributed by atoms with Crippen LogP contribution in [0, 0.1) is 5.92 Å². The number of hydrogen-bond acceptors (Lipinski definition) is 3. The summed E-state index contributed by atoms with van der Waals surface area (Å²) in [6.45, 7) is 4.11. The molecule has 2 atom stereocenters. The molecular formula is C14H21NO2. The Labute approximate surface area is 103 Å². The Kier molecular flexibility index (Phi) is 4.02. The van der Waals surface area contributed by atoms with Crippen LogP contribution in [0.4, 0.5) is 5.69 Å². The minimum absolute atomic E-state index is 0.259. The molecule has 1 unspecified atom stereocenters. The van der Waals surface area contributed by atoms with Gasteiger partial charge in [0, 0.05) is 36.9 Å². The summed E-state index contributed by atoms with van der Waals surface area (Å²) in [5.74, 6) is 0.377. The second-order valence-electron chi connectivity index (χ2n) is 4.77. The van der Waals surface area contributed by atoms with Crippen molar-refractivity contribution < 1.29 is 10.2 Å². The standard InChI is InChI=1S/C14H21NO2/c1-2-14(17)12-5-3-4-6-13(12)15-8-7-11(9-15)10-16/h3-6,11,14,16-17H,2,7-10H2,1H3/t11?,14-/m1/s1. The highest BCUT2D eigenvalue weighted by Gasteiger charge is 2.24. The Balaban J connectivity index is 2.20. The van der Waals surface area contributed by atoms with E-state index in [0.29, 0.717) is 5.92 Å². The van der Waals surface area contributed by atoms with Crippen molar-refractivity contribution in [1.82, 2.24) is 0 Å². The molecule has 94 valence electrons. The highest BCUT2D eigenvalue weighted by molar-refractivity contribution is 5.55. The maximum atomic E-state index is 10.0. The van der Waals surface area contributed by atoms with E-state index in [9.17, 15) is 10.2 Å². The number of rotatable bonds is 4. The maximum Gasteiger partial charge on any atom is 0.0807 e. The minimum Gasteiger partial charge on any atom is -0.396 e. The number of aliphatic hydroxyl groups excluding tert-OH is 2. The lowest BCUT2D eigenvalue weighted by molar-refractivity contribution is 0.174. The van der Waals surface area contributed by atoms with Crippen molar-refractivity contribution in [3.63, 3.8) is 0 Å². The van der Waals surface area contributed by atoms with Crippen molar-refractivity contribution in [1.29, 1.82) is 0 Å². The Bertz CT molecular complexity index is 367. The number of anilines is 1. The molecule has 0 spiro atoms. The third kappa shape index (κ3) is 2.61. The van der Waals surface area contributed by atoms with Gasteiger partial charge in [0.25, 0.3) is 0 Å². The minimum atomic E-state index is -0.389. The average Bonchev–Trinajstić information content (AvgIpc) is 2.86. The van der Waals surface area contributed by atoms with Gasteiger partial charge in [-0.15, -0.1) is 0 Å². The van der Waals surface area contributed by atoms with Crippen molar-refractivity contribution in [3.05, 3.63) is 29.8 Å². The zero-order chi connectivity index (χ0) is 12.3. The molecule has 1 fully saturated rings. The second-order valence-corrected chi connectivity index (χ2v) is 4.77. The third-order valence-electron chi connectivity index (χ3n) is 3.57. The van der Waals surface area contributed by atoms with E-state index in [-0.39, 0.29) is 12.7 Å². The highest BCUT2D eigenvalue weighted by atomic mass is 16.3. The van der Waals surface area contributed by atoms with E-state index < -0.39 is 0 Å². The van der Waals surface area contributed by atoms with Gasteiger partial charge in [-0.1, -0.05) is 25.1 Å². The van der Waals surface area contributed by atoms with Gasteiger partial charge in [0.15, 0.2) is 0 Å². The van der Waals surface area contributed by atoms with Gasteiger partial charge >= 0.3 is 0 Å². The highest BCUT2D eigenvalue weighted by Crippen LogP contribution is 2.31. The van der Waals surface area contributed by atoms with Gasteiger partial charge in [0.05, 0.1) is 6.10 Å². The molecule has 1 heterocycles. The van der Waals surface area contributed by atoms with Gasteiger partial charge in [0.2, 0.25) is 0 Å². The van der Waals surface area contributed by atoms with Gasteiger partial charge in [-0.2, -0.15) is 0 Å². The summed E-state index contributed by atoms with van der Waals surface area (Å²) in [6, 6.07) is 8.04. The van der Waals surface area contributed by atoms with Crippen LogP contribution in [0.2, 0.25) is 0 Å². The first-order valence-corrected chi connectivity index (χ1v) is 6.39. The quantitative estimate of drug-likeness (QED) is 0.838. The summed E-state index contributed by atoms with van der Waals surface area (Å²) < 4.78 is 0. The lowest BCUT2D eigenvalue weighted by Gasteiger charge is -2.23. The molecule has 2 rings (SSSR count). The van der Waals surface area contributed by atoms with Crippen molar-refractivity contribution >= 4 is 5.69 Å². The first-order chi connectivity index (χ1) is 8.26. The van der Waals surface area contributed by atoms with Crippen LogP contribution in [0.1, 0.15) is 31.4 Å². The van der Waals surface area contributed by atoms with Crippen LogP contribution in [0.3, 0.4) is 0 Å². The van der Waals surface area contributed by atoms with Crippen molar-refractivity contribution in [3.8, 4) is 0 Å². The van der Waals surface area contributed by atoms with Crippen LogP contribution in [-0.4, -0.2) is 29.9 Å². The third-order valence-corrected chi connectivity index (χ3v) is 3.57. The number of aliphatic hydroxyl groups is 2. The molecule has 0 aliphatic carbocycles. The zero-order valence-electron chi connectivity index (χ0n) is 10.3. The van der Waals surface area contributed by atoms with Crippen LogP contribution in [0.25, 0.3) is 0 Å². The Hall–Kier alpha value is -1.06. The van der Waals surface area contributed by atoms with Gasteiger partial charge in [-0.25, -0.2) is 0 Å². The van der Waals surface area contributed by atoms with E-state index in [2.05, 4.69) is 11.0 Å². The van der Waals surface area contributed by atoms with Gasteiger partial charge < -0.3 is 15.1 Å². The van der Waals surface area contributed by atoms with E-state index in [1.54, 1.807) is 0 Å². The fourth-order valence-electron chi connectivity index (χ4n) is 2.48. The summed E-state index contributed by atoms with van der Waals surface area (Å²) in [6.07, 6.45) is 1.38. The molecule has 1 aliphatic rings. The Morgan fingerprint density at radius 3 is 2.82 bits per heavy atom. The van der Waals surface area contributed by atoms with Crippen LogP contribution in [0.15, 0.2) is 24.3 Å². The van der Waals surface area contributed by atoms with Crippen molar-refractivity contribution in [2.24, 2.45) is 5.92 Å². The summed E-state index contributed by atoms with van der Waals surface area (Å²) in [5.41, 5.74) is 2.13. The van der Waals surface area contributed by atoms with E-state index in [1.807, 2.05) is 25.1 Å². The molecule has 1 aromatic carbocycles. The molecular weight excluding hydrogens is 214 g/mol. The van der Waals surface area contributed by atoms with Crippen molar-refractivity contribution in [2.75, 3.05) is 24.6 Å². The fraction of sp³-hybridized carbons (Fsp3) is 0.571. The Morgan fingerprint density at radius 1 is 1.41 bits per heavy atom. The smallest absolute Gasteiger partial charge is 0.0807 e. The predicted octanol–water partition coefficient (Wildman–Crippen LogP) is 1.95.